The standard InChI is InChI=1S/C17H13N3OS/c1-11-6-8-12(9-7-11)16(19-20-18)14-10-22-15-5-3-2-4-13(15)17(14)21/h2-10,16H,1H3. The highest BCUT2D eigenvalue weighted by atomic mass is 32.1. The molecule has 1 unspecified atom stereocenters. The minimum atomic E-state index is -0.598. The number of azide groups is 1. The summed E-state index contributed by atoms with van der Waals surface area (Å²) in [5.41, 5.74) is 11.3. The van der Waals surface area contributed by atoms with Crippen LogP contribution in [0.5, 0.6) is 0 Å². The van der Waals surface area contributed by atoms with E-state index in [4.69, 9.17) is 5.53 Å². The van der Waals surface area contributed by atoms with Crippen LogP contribution < -0.4 is 5.43 Å². The smallest absolute Gasteiger partial charge is 0.191 e. The normalized spacial score (nSPS) is 11.9. The van der Waals surface area contributed by atoms with Crippen LogP contribution in [-0.2, 0) is 0 Å². The van der Waals surface area contributed by atoms with E-state index in [0.29, 0.717) is 10.9 Å². The van der Waals surface area contributed by atoms with Gasteiger partial charge in [0.1, 0.15) is 0 Å². The van der Waals surface area contributed by atoms with Gasteiger partial charge in [-0.1, -0.05) is 47.1 Å². The van der Waals surface area contributed by atoms with Crippen LogP contribution in [-0.4, -0.2) is 0 Å². The van der Waals surface area contributed by atoms with Crippen molar-refractivity contribution in [3.63, 3.8) is 0 Å². The quantitative estimate of drug-likeness (QED) is 0.382. The van der Waals surface area contributed by atoms with Gasteiger partial charge in [0.25, 0.3) is 0 Å². The van der Waals surface area contributed by atoms with Crippen LogP contribution in [0.15, 0.2) is 63.8 Å². The maximum absolute atomic E-state index is 12.7. The minimum absolute atomic E-state index is 0.0766. The Morgan fingerprint density at radius 1 is 1.14 bits per heavy atom. The molecule has 0 spiro atoms. The number of benzene rings is 2. The average Bonchev–Trinajstić information content (AvgIpc) is 2.55. The van der Waals surface area contributed by atoms with Crippen LogP contribution in [0.4, 0.5) is 0 Å². The van der Waals surface area contributed by atoms with Crippen molar-refractivity contribution in [3.05, 3.63) is 91.3 Å². The van der Waals surface area contributed by atoms with Gasteiger partial charge in [-0.15, -0.1) is 11.3 Å². The molecule has 1 aromatic heterocycles. The van der Waals surface area contributed by atoms with Crippen molar-refractivity contribution in [1.29, 1.82) is 0 Å². The summed E-state index contributed by atoms with van der Waals surface area (Å²) >= 11 is 1.49. The Labute approximate surface area is 131 Å². The molecule has 0 aliphatic rings. The molecule has 0 saturated carbocycles. The highest BCUT2D eigenvalue weighted by Gasteiger charge is 2.17. The molecule has 1 heterocycles. The average molecular weight is 307 g/mol. The molecule has 0 aliphatic heterocycles. The predicted octanol–water partition coefficient (Wildman–Crippen LogP) is 4.97. The molecule has 22 heavy (non-hydrogen) atoms. The summed E-state index contributed by atoms with van der Waals surface area (Å²) < 4.78 is 0.930. The summed E-state index contributed by atoms with van der Waals surface area (Å²) in [4.78, 5) is 15.6. The third-order valence-corrected chi connectivity index (χ3v) is 4.54. The van der Waals surface area contributed by atoms with E-state index in [-0.39, 0.29) is 5.43 Å². The van der Waals surface area contributed by atoms with E-state index in [2.05, 4.69) is 10.0 Å². The molecule has 1 atom stereocenters. The molecule has 5 heteroatoms. The van der Waals surface area contributed by atoms with Gasteiger partial charge in [0.05, 0.1) is 6.04 Å². The van der Waals surface area contributed by atoms with E-state index in [1.54, 1.807) is 11.4 Å². The molecule has 4 nitrogen and oxygen atoms in total. The largest absolute Gasteiger partial charge is 0.289 e. The number of aryl methyl sites for hydroxylation is 1. The monoisotopic (exact) mass is 307 g/mol. The summed E-state index contributed by atoms with van der Waals surface area (Å²) in [6.45, 7) is 1.99. The summed E-state index contributed by atoms with van der Waals surface area (Å²) in [6.07, 6.45) is 0. The molecule has 0 N–H and O–H groups in total. The zero-order valence-corrected chi connectivity index (χ0v) is 12.7. The van der Waals surface area contributed by atoms with Crippen LogP contribution in [0.3, 0.4) is 0 Å². The Kier molecular flexibility index (Phi) is 3.92. The number of fused-ring (bicyclic) bond motifs is 1. The Bertz CT molecular complexity index is 925. The first-order chi connectivity index (χ1) is 10.7. The zero-order chi connectivity index (χ0) is 15.5. The van der Waals surface area contributed by atoms with Crippen LogP contribution in [0.2, 0.25) is 0 Å². The number of hydrogen-bond acceptors (Lipinski definition) is 3. The fourth-order valence-electron chi connectivity index (χ4n) is 2.39. The van der Waals surface area contributed by atoms with Crippen LogP contribution in [0.1, 0.15) is 22.7 Å². The van der Waals surface area contributed by atoms with Crippen LogP contribution in [0.25, 0.3) is 20.5 Å². The van der Waals surface area contributed by atoms with Crippen molar-refractivity contribution in [2.45, 2.75) is 13.0 Å². The molecule has 0 fully saturated rings. The van der Waals surface area contributed by atoms with Gasteiger partial charge in [0.15, 0.2) is 5.43 Å². The van der Waals surface area contributed by atoms with Crippen molar-refractivity contribution in [2.24, 2.45) is 5.11 Å². The second-order valence-corrected chi connectivity index (χ2v) is 5.95. The lowest BCUT2D eigenvalue weighted by atomic mass is 9.99. The van der Waals surface area contributed by atoms with Gasteiger partial charge in [-0.2, -0.15) is 0 Å². The second-order valence-electron chi connectivity index (χ2n) is 5.03. The summed E-state index contributed by atoms with van der Waals surface area (Å²) in [6, 6.07) is 14.6. The van der Waals surface area contributed by atoms with E-state index in [9.17, 15) is 4.79 Å². The van der Waals surface area contributed by atoms with E-state index in [0.717, 1.165) is 15.8 Å². The van der Waals surface area contributed by atoms with Gasteiger partial charge >= 0.3 is 0 Å². The predicted molar refractivity (Wildman–Crippen MR) is 90.3 cm³/mol. The number of nitrogens with zero attached hydrogens (tertiary/aromatic N) is 3. The lowest BCUT2D eigenvalue weighted by molar-refractivity contribution is 0.855. The van der Waals surface area contributed by atoms with Crippen molar-refractivity contribution >= 4 is 21.4 Å². The van der Waals surface area contributed by atoms with Crippen molar-refractivity contribution in [2.75, 3.05) is 0 Å². The molecular weight excluding hydrogens is 294 g/mol. The maximum Gasteiger partial charge on any atom is 0.191 e. The van der Waals surface area contributed by atoms with Gasteiger partial charge in [-0.3, -0.25) is 4.79 Å². The lowest BCUT2D eigenvalue weighted by Crippen LogP contribution is -2.12. The second kappa shape index (κ2) is 6.02. The Morgan fingerprint density at radius 2 is 1.86 bits per heavy atom. The molecule has 0 radical (unpaired) electrons. The molecule has 0 bridgehead atoms. The molecule has 108 valence electrons. The molecule has 3 rings (SSSR count). The molecule has 0 aliphatic carbocycles. The summed E-state index contributed by atoms with van der Waals surface area (Å²) in [5, 5.41) is 6.31. The van der Waals surface area contributed by atoms with Gasteiger partial charge < -0.3 is 0 Å². The van der Waals surface area contributed by atoms with Gasteiger partial charge in [-0.25, -0.2) is 0 Å². The highest BCUT2D eigenvalue weighted by molar-refractivity contribution is 7.16. The van der Waals surface area contributed by atoms with Crippen molar-refractivity contribution in [3.8, 4) is 0 Å². The van der Waals surface area contributed by atoms with E-state index in [1.165, 1.54) is 11.3 Å². The molecular formula is C17H13N3OS. The molecule has 0 amide bonds. The van der Waals surface area contributed by atoms with Gasteiger partial charge in [0.2, 0.25) is 0 Å². The Morgan fingerprint density at radius 3 is 2.59 bits per heavy atom. The van der Waals surface area contributed by atoms with Crippen LogP contribution in [0, 0.1) is 6.92 Å². The lowest BCUT2D eigenvalue weighted by Gasteiger charge is -2.12. The SMILES string of the molecule is Cc1ccc(C(N=[N+]=[N-])c2csc3ccccc3c2=O)cc1. The van der Waals surface area contributed by atoms with E-state index in [1.807, 2.05) is 49.4 Å². The van der Waals surface area contributed by atoms with Crippen LogP contribution >= 0.6 is 11.3 Å². The van der Waals surface area contributed by atoms with E-state index >= 15 is 0 Å². The van der Waals surface area contributed by atoms with Crippen molar-refractivity contribution < 1.29 is 0 Å². The van der Waals surface area contributed by atoms with E-state index < -0.39 is 6.04 Å². The minimum Gasteiger partial charge on any atom is -0.289 e. The highest BCUT2D eigenvalue weighted by Crippen LogP contribution is 2.27. The first-order valence-electron chi connectivity index (χ1n) is 6.82. The number of hydrogen-bond donors (Lipinski definition) is 0. The van der Waals surface area contributed by atoms with Gasteiger partial charge in [-0.05, 0) is 35.5 Å². The zero-order valence-electron chi connectivity index (χ0n) is 11.9. The van der Waals surface area contributed by atoms with Gasteiger partial charge in [0, 0.05) is 20.6 Å². The summed E-state index contributed by atoms with van der Waals surface area (Å²) in [5.74, 6) is 0. The fourth-order valence-corrected chi connectivity index (χ4v) is 3.33. The fraction of sp³-hybridized carbons (Fsp3) is 0.118. The molecule has 2 aromatic carbocycles. The Hall–Kier alpha value is -2.62. The third kappa shape index (κ3) is 2.60. The summed E-state index contributed by atoms with van der Waals surface area (Å²) in [7, 11) is 0. The first-order valence-corrected chi connectivity index (χ1v) is 7.70. The number of rotatable bonds is 3. The topological polar surface area (TPSA) is 65.8 Å². The molecule has 0 saturated heterocycles. The Balaban J connectivity index is 2.21. The molecule has 3 aromatic rings. The van der Waals surface area contributed by atoms with Crippen molar-refractivity contribution in [1.82, 2.24) is 0 Å². The first kappa shape index (κ1) is 14.3. The maximum atomic E-state index is 12.7. The third-order valence-electron chi connectivity index (χ3n) is 3.56.